The number of ether oxygens (including phenoxy) is 6. The van der Waals surface area contributed by atoms with Crippen LogP contribution in [-0.4, -0.2) is 74.4 Å². The SMILES string of the molecule is CC(C(=O)OCC(C)(C)C1OCC2(CO1)COC(C(C)(C)COC(=O)C(C)c1cc(C(C)(C)C)c(O)c(C(C)(C)C)c1)OC2)c1cc(C(C)(C)C)c(O)c(C(C)(C)C)c1. The third kappa shape index (κ3) is 11.2. The van der Waals surface area contributed by atoms with E-state index in [0.29, 0.717) is 26.4 Å². The van der Waals surface area contributed by atoms with Gasteiger partial charge in [-0.05, 0) is 68.9 Å². The third-order valence-corrected chi connectivity index (χ3v) is 11.8. The molecule has 2 aromatic carbocycles. The van der Waals surface area contributed by atoms with Crippen LogP contribution in [0.25, 0.3) is 0 Å². The summed E-state index contributed by atoms with van der Waals surface area (Å²) < 4.78 is 36.9. The van der Waals surface area contributed by atoms with E-state index in [9.17, 15) is 19.8 Å². The van der Waals surface area contributed by atoms with Gasteiger partial charge in [-0.15, -0.1) is 0 Å². The molecule has 2 unspecified atom stereocenters. The smallest absolute Gasteiger partial charge is 0.313 e. The summed E-state index contributed by atoms with van der Waals surface area (Å²) in [4.78, 5) is 27.0. The molecular formula is C49H76O10. The van der Waals surface area contributed by atoms with E-state index >= 15 is 0 Å². The van der Waals surface area contributed by atoms with Crippen molar-refractivity contribution in [1.82, 2.24) is 0 Å². The Bertz CT molecular complexity index is 1610. The zero-order chi connectivity index (χ0) is 44.9. The number of carbonyl (C=O) groups excluding carboxylic acids is 2. The predicted molar refractivity (Wildman–Crippen MR) is 231 cm³/mol. The molecule has 0 aliphatic carbocycles. The number of hydrogen-bond acceptors (Lipinski definition) is 10. The zero-order valence-electron chi connectivity index (χ0n) is 39.5. The first-order valence-corrected chi connectivity index (χ1v) is 21.3. The van der Waals surface area contributed by atoms with E-state index in [0.717, 1.165) is 33.4 Å². The highest BCUT2D eigenvalue weighted by Gasteiger charge is 2.48. The van der Waals surface area contributed by atoms with Crippen molar-refractivity contribution < 1.29 is 48.2 Å². The first-order valence-electron chi connectivity index (χ1n) is 21.3. The average Bonchev–Trinajstić information content (AvgIpc) is 3.11. The summed E-state index contributed by atoms with van der Waals surface area (Å²) in [6, 6.07) is 7.69. The highest BCUT2D eigenvalue weighted by molar-refractivity contribution is 5.79. The van der Waals surface area contributed by atoms with Crippen LogP contribution in [0, 0.1) is 16.2 Å². The molecule has 10 heteroatoms. The van der Waals surface area contributed by atoms with Gasteiger partial charge < -0.3 is 38.6 Å². The minimum Gasteiger partial charge on any atom is -0.507 e. The highest BCUT2D eigenvalue weighted by Crippen LogP contribution is 2.44. The van der Waals surface area contributed by atoms with Crippen molar-refractivity contribution in [2.45, 2.75) is 171 Å². The molecule has 2 aliphatic heterocycles. The Hall–Kier alpha value is -3.18. The molecule has 2 aliphatic rings. The molecule has 0 radical (unpaired) electrons. The van der Waals surface area contributed by atoms with E-state index in [1.165, 1.54) is 0 Å². The van der Waals surface area contributed by atoms with Crippen LogP contribution in [0.5, 0.6) is 11.5 Å². The van der Waals surface area contributed by atoms with Gasteiger partial charge in [0.2, 0.25) is 0 Å². The van der Waals surface area contributed by atoms with Gasteiger partial charge in [-0.25, -0.2) is 0 Å². The van der Waals surface area contributed by atoms with Crippen LogP contribution in [0.2, 0.25) is 0 Å². The molecule has 2 fully saturated rings. The molecule has 332 valence electrons. The van der Waals surface area contributed by atoms with Crippen LogP contribution < -0.4 is 0 Å². The van der Waals surface area contributed by atoms with E-state index in [-0.39, 0.29) is 58.3 Å². The second kappa shape index (κ2) is 16.9. The largest absolute Gasteiger partial charge is 0.507 e. The molecule has 4 rings (SSSR count). The zero-order valence-corrected chi connectivity index (χ0v) is 39.5. The highest BCUT2D eigenvalue weighted by atomic mass is 16.7. The number of benzene rings is 2. The first kappa shape index (κ1) is 48.5. The van der Waals surface area contributed by atoms with E-state index in [1.807, 2.05) is 65.8 Å². The lowest BCUT2D eigenvalue weighted by molar-refractivity contribution is -0.337. The molecule has 2 saturated heterocycles. The molecule has 0 aromatic heterocycles. The van der Waals surface area contributed by atoms with E-state index in [4.69, 9.17) is 28.4 Å². The van der Waals surface area contributed by atoms with Gasteiger partial charge >= 0.3 is 11.9 Å². The van der Waals surface area contributed by atoms with E-state index in [1.54, 1.807) is 0 Å². The van der Waals surface area contributed by atoms with Crippen LogP contribution in [0.15, 0.2) is 24.3 Å². The van der Waals surface area contributed by atoms with Crippen molar-refractivity contribution in [2.24, 2.45) is 16.2 Å². The van der Waals surface area contributed by atoms with Crippen LogP contribution in [0.1, 0.15) is 170 Å². The lowest BCUT2D eigenvalue weighted by Crippen LogP contribution is -2.57. The first-order chi connectivity index (χ1) is 26.7. The maximum Gasteiger partial charge on any atom is 0.313 e. The van der Waals surface area contributed by atoms with Crippen molar-refractivity contribution in [3.8, 4) is 11.5 Å². The fourth-order valence-corrected chi connectivity index (χ4v) is 7.53. The second-order valence-corrected chi connectivity index (χ2v) is 23.0. The van der Waals surface area contributed by atoms with Crippen molar-refractivity contribution in [3.63, 3.8) is 0 Å². The number of phenols is 2. The maximum atomic E-state index is 13.5. The van der Waals surface area contributed by atoms with Gasteiger partial charge in [0.1, 0.15) is 24.7 Å². The van der Waals surface area contributed by atoms with Crippen LogP contribution in [0.3, 0.4) is 0 Å². The molecule has 0 bridgehead atoms. The molecule has 0 amide bonds. The molecule has 2 N–H and O–H groups in total. The molecule has 2 aromatic rings. The Morgan fingerprint density at radius 1 is 0.542 bits per heavy atom. The number of carbonyl (C=O) groups is 2. The summed E-state index contributed by atoms with van der Waals surface area (Å²) in [6.07, 6.45) is -1.24. The van der Waals surface area contributed by atoms with Gasteiger partial charge in [0, 0.05) is 10.8 Å². The minimum absolute atomic E-state index is 0.0903. The van der Waals surface area contributed by atoms with Crippen LogP contribution >= 0.6 is 0 Å². The predicted octanol–water partition coefficient (Wildman–Crippen LogP) is 10.1. The summed E-state index contributed by atoms with van der Waals surface area (Å²) >= 11 is 0. The van der Waals surface area contributed by atoms with Gasteiger partial charge in [0.25, 0.3) is 0 Å². The Morgan fingerprint density at radius 3 is 1.00 bits per heavy atom. The summed E-state index contributed by atoms with van der Waals surface area (Å²) in [5.41, 5.74) is 1.72. The maximum absolute atomic E-state index is 13.5. The van der Waals surface area contributed by atoms with Crippen molar-refractivity contribution in [1.29, 1.82) is 0 Å². The summed E-state index contributed by atoms with van der Waals surface area (Å²) in [7, 11) is 0. The normalized spacial score (nSPS) is 22.2. The molecular weight excluding hydrogens is 749 g/mol. The topological polar surface area (TPSA) is 130 Å². The standard InChI is InChI=1S/C49H76O10/c1-29(31-19-33(43(3,4)5)37(50)34(20-31)44(6,7)8)39(52)54-23-47(15,16)41-56-25-49(26-57-41)27-58-42(59-28-49)48(17,18)24-55-40(53)30(2)32-21-35(45(9,10)11)38(51)36(22-32)46(12,13)14/h19-22,29-30,41-42,50-51H,23-28H2,1-18H3. The molecule has 1 spiro atoms. The van der Waals surface area contributed by atoms with E-state index < -0.39 is 40.7 Å². The molecule has 10 nitrogen and oxygen atoms in total. The van der Waals surface area contributed by atoms with Crippen LogP contribution in [0.4, 0.5) is 0 Å². The van der Waals surface area contributed by atoms with Crippen molar-refractivity contribution in [3.05, 3.63) is 57.6 Å². The fraction of sp³-hybridized carbons (Fsp3) is 0.714. The summed E-state index contributed by atoms with van der Waals surface area (Å²) in [5, 5.41) is 22.3. The van der Waals surface area contributed by atoms with Gasteiger partial charge in [-0.1, -0.05) is 135 Å². The lowest BCUT2D eigenvalue weighted by atomic mass is 9.77. The Kier molecular flexibility index (Phi) is 13.9. The number of phenolic OH excluding ortho intramolecular Hbond substituents is 2. The molecule has 2 heterocycles. The van der Waals surface area contributed by atoms with Crippen molar-refractivity contribution in [2.75, 3.05) is 39.6 Å². The van der Waals surface area contributed by atoms with Crippen molar-refractivity contribution >= 4 is 11.9 Å². The third-order valence-electron chi connectivity index (χ3n) is 11.8. The second-order valence-electron chi connectivity index (χ2n) is 23.0. The fourth-order valence-electron chi connectivity index (χ4n) is 7.53. The Labute approximate surface area is 355 Å². The molecule has 0 saturated carbocycles. The van der Waals surface area contributed by atoms with Gasteiger partial charge in [0.05, 0.1) is 43.7 Å². The van der Waals surface area contributed by atoms with Gasteiger partial charge in [-0.2, -0.15) is 0 Å². The van der Waals surface area contributed by atoms with Gasteiger partial charge in [0.15, 0.2) is 12.6 Å². The summed E-state index contributed by atoms with van der Waals surface area (Å²) in [6.45, 7) is 37.6. The van der Waals surface area contributed by atoms with Crippen LogP contribution in [-0.2, 0) is 59.7 Å². The van der Waals surface area contributed by atoms with E-state index in [2.05, 4.69) is 83.1 Å². The quantitative estimate of drug-likeness (QED) is 0.223. The average molecular weight is 825 g/mol. The lowest BCUT2D eigenvalue weighted by Gasteiger charge is -2.48. The molecule has 2 atom stereocenters. The molecule has 59 heavy (non-hydrogen) atoms. The Balaban J connectivity index is 1.31. The summed E-state index contributed by atoms with van der Waals surface area (Å²) in [5.74, 6) is -1.26. The number of esters is 2. The Morgan fingerprint density at radius 2 is 0.780 bits per heavy atom. The number of aromatic hydroxyl groups is 2. The van der Waals surface area contributed by atoms with Gasteiger partial charge in [-0.3, -0.25) is 9.59 Å². The number of hydrogen-bond donors (Lipinski definition) is 2. The monoisotopic (exact) mass is 825 g/mol. The minimum atomic E-state index is -0.649. The number of rotatable bonds is 10.